The molecule has 3 fully saturated rings. The van der Waals surface area contributed by atoms with Crippen molar-refractivity contribution in [3.05, 3.63) is 23.8 Å². The molecule has 0 radical (unpaired) electrons. The van der Waals surface area contributed by atoms with Crippen LogP contribution in [0, 0.1) is 5.92 Å². The molecule has 118 valence electrons. The highest BCUT2D eigenvalue weighted by Crippen LogP contribution is 2.33. The molecular weight excluding hydrogens is 280 g/mol. The van der Waals surface area contributed by atoms with Gasteiger partial charge in [0, 0.05) is 18.2 Å². The van der Waals surface area contributed by atoms with Crippen LogP contribution in [0.15, 0.2) is 18.2 Å². The summed E-state index contributed by atoms with van der Waals surface area (Å²) in [6.45, 7) is 5.84. The van der Waals surface area contributed by atoms with Gasteiger partial charge < -0.3 is 19.7 Å². The molecule has 5 heteroatoms. The van der Waals surface area contributed by atoms with Gasteiger partial charge in [-0.25, -0.2) is 0 Å². The van der Waals surface area contributed by atoms with E-state index in [1.165, 1.54) is 25.9 Å². The molecule has 4 aliphatic heterocycles. The molecular formula is C17H22N2O3. The zero-order valence-electron chi connectivity index (χ0n) is 12.9. The third kappa shape index (κ3) is 2.54. The highest BCUT2D eigenvalue weighted by Gasteiger charge is 2.35. The van der Waals surface area contributed by atoms with Crippen molar-refractivity contribution >= 4 is 5.91 Å². The number of fused-ring (bicyclic) bond motifs is 4. The number of nitrogens with zero attached hydrogens (tertiary/aromatic N) is 1. The molecule has 0 spiro atoms. The molecule has 22 heavy (non-hydrogen) atoms. The van der Waals surface area contributed by atoms with E-state index in [-0.39, 0.29) is 18.1 Å². The quantitative estimate of drug-likeness (QED) is 0.903. The van der Waals surface area contributed by atoms with E-state index >= 15 is 0 Å². The Balaban J connectivity index is 1.47. The molecule has 5 nitrogen and oxygen atoms in total. The lowest BCUT2D eigenvalue weighted by molar-refractivity contribution is 0.0619. The minimum Gasteiger partial charge on any atom is -0.486 e. The molecule has 2 bridgehead atoms. The van der Waals surface area contributed by atoms with E-state index in [0.717, 1.165) is 12.3 Å². The lowest BCUT2D eigenvalue weighted by Crippen LogP contribution is -2.57. The van der Waals surface area contributed by atoms with Gasteiger partial charge in [0.25, 0.3) is 5.91 Å². The summed E-state index contributed by atoms with van der Waals surface area (Å²) in [6, 6.07) is 5.72. The standard InChI is InChI=1S/C17H22N2O3/c1-11-10-21-16-8-13(2-3-15(16)22-11)17(20)18-14-9-19-6-4-12(14)5-7-19/h2-3,8,11-12,14H,4-7,9-10H2,1H3,(H,18,20)/t11?,14-/m0/s1. The number of amides is 1. The number of hydrogen-bond donors (Lipinski definition) is 1. The molecule has 4 aliphatic rings. The Labute approximate surface area is 130 Å². The summed E-state index contributed by atoms with van der Waals surface area (Å²) in [4.78, 5) is 15.0. The summed E-state index contributed by atoms with van der Waals surface area (Å²) in [7, 11) is 0. The van der Waals surface area contributed by atoms with Gasteiger partial charge in [-0.3, -0.25) is 4.79 Å². The predicted molar refractivity (Wildman–Crippen MR) is 82.4 cm³/mol. The number of nitrogens with one attached hydrogen (secondary N) is 1. The van der Waals surface area contributed by atoms with Crippen molar-refractivity contribution in [1.29, 1.82) is 0 Å². The van der Waals surface area contributed by atoms with Crippen molar-refractivity contribution in [2.24, 2.45) is 5.92 Å². The van der Waals surface area contributed by atoms with Gasteiger partial charge in [-0.2, -0.15) is 0 Å². The first kappa shape index (κ1) is 13.9. The van der Waals surface area contributed by atoms with Crippen molar-refractivity contribution in [2.75, 3.05) is 26.2 Å². The lowest BCUT2D eigenvalue weighted by Gasteiger charge is -2.44. The van der Waals surface area contributed by atoms with E-state index in [2.05, 4.69) is 10.2 Å². The number of rotatable bonds is 2. The third-order valence-corrected chi connectivity index (χ3v) is 4.98. The average Bonchev–Trinajstić information content (AvgIpc) is 2.55. The highest BCUT2D eigenvalue weighted by molar-refractivity contribution is 5.95. The maximum Gasteiger partial charge on any atom is 0.251 e. The minimum atomic E-state index is -0.0104. The zero-order valence-corrected chi connectivity index (χ0v) is 12.9. The van der Waals surface area contributed by atoms with Crippen LogP contribution in [0.2, 0.25) is 0 Å². The van der Waals surface area contributed by atoms with Crippen molar-refractivity contribution < 1.29 is 14.3 Å². The summed E-state index contributed by atoms with van der Waals surface area (Å²) in [6.07, 6.45) is 2.45. The molecule has 0 aliphatic carbocycles. The molecule has 1 unspecified atom stereocenters. The fourth-order valence-corrected chi connectivity index (χ4v) is 3.70. The maximum atomic E-state index is 12.5. The topological polar surface area (TPSA) is 50.8 Å². The van der Waals surface area contributed by atoms with E-state index in [1.807, 2.05) is 19.1 Å². The van der Waals surface area contributed by atoms with Crippen LogP contribution in [0.4, 0.5) is 0 Å². The van der Waals surface area contributed by atoms with Gasteiger partial charge in [-0.1, -0.05) is 0 Å². The number of carbonyl (C=O) groups is 1. The van der Waals surface area contributed by atoms with Crippen LogP contribution in [0.1, 0.15) is 30.1 Å². The average molecular weight is 302 g/mol. The van der Waals surface area contributed by atoms with Gasteiger partial charge in [0.1, 0.15) is 12.7 Å². The van der Waals surface area contributed by atoms with E-state index in [4.69, 9.17) is 9.47 Å². The Bertz CT molecular complexity index is 581. The number of benzene rings is 1. The zero-order chi connectivity index (χ0) is 15.1. The second-order valence-corrected chi connectivity index (χ2v) is 6.62. The van der Waals surface area contributed by atoms with Crippen LogP contribution in [0.3, 0.4) is 0 Å². The number of hydrogen-bond acceptors (Lipinski definition) is 4. The van der Waals surface area contributed by atoms with Gasteiger partial charge >= 0.3 is 0 Å². The Morgan fingerprint density at radius 2 is 2.09 bits per heavy atom. The van der Waals surface area contributed by atoms with Crippen LogP contribution in [-0.4, -0.2) is 49.2 Å². The van der Waals surface area contributed by atoms with Crippen LogP contribution < -0.4 is 14.8 Å². The molecule has 0 aromatic heterocycles. The molecule has 0 saturated carbocycles. The Morgan fingerprint density at radius 3 is 2.82 bits per heavy atom. The smallest absolute Gasteiger partial charge is 0.251 e. The fraction of sp³-hybridized carbons (Fsp3) is 0.588. The van der Waals surface area contributed by atoms with Gasteiger partial charge in [0.15, 0.2) is 11.5 Å². The Hall–Kier alpha value is -1.75. The monoisotopic (exact) mass is 302 g/mol. The first-order valence-corrected chi connectivity index (χ1v) is 8.16. The van der Waals surface area contributed by atoms with Crippen molar-refractivity contribution in [3.63, 3.8) is 0 Å². The second-order valence-electron chi connectivity index (χ2n) is 6.62. The molecule has 1 aromatic rings. The van der Waals surface area contributed by atoms with E-state index in [0.29, 0.717) is 23.8 Å². The highest BCUT2D eigenvalue weighted by atomic mass is 16.6. The van der Waals surface area contributed by atoms with Crippen LogP contribution >= 0.6 is 0 Å². The summed E-state index contributed by atoms with van der Waals surface area (Å²) >= 11 is 0. The Kier molecular flexibility index (Phi) is 3.45. The molecule has 1 aromatic carbocycles. The van der Waals surface area contributed by atoms with Gasteiger partial charge in [0.2, 0.25) is 0 Å². The number of piperidine rings is 3. The Morgan fingerprint density at radius 1 is 1.27 bits per heavy atom. The van der Waals surface area contributed by atoms with E-state index in [1.54, 1.807) is 6.07 Å². The lowest BCUT2D eigenvalue weighted by atomic mass is 9.84. The van der Waals surface area contributed by atoms with Gasteiger partial charge in [-0.05, 0) is 57.0 Å². The van der Waals surface area contributed by atoms with Crippen molar-refractivity contribution in [3.8, 4) is 11.5 Å². The predicted octanol–water partition coefficient (Wildman–Crippen LogP) is 1.67. The molecule has 2 atom stereocenters. The first-order chi connectivity index (χ1) is 10.7. The summed E-state index contributed by atoms with van der Waals surface area (Å²) < 4.78 is 11.3. The summed E-state index contributed by atoms with van der Waals surface area (Å²) in [5, 5.41) is 3.21. The molecule has 5 rings (SSSR count). The second kappa shape index (κ2) is 5.47. The maximum absolute atomic E-state index is 12.5. The molecule has 3 saturated heterocycles. The minimum absolute atomic E-state index is 0.0104. The van der Waals surface area contributed by atoms with Crippen molar-refractivity contribution in [2.45, 2.75) is 31.9 Å². The van der Waals surface area contributed by atoms with Crippen molar-refractivity contribution in [1.82, 2.24) is 10.2 Å². The largest absolute Gasteiger partial charge is 0.486 e. The molecule has 4 heterocycles. The van der Waals surface area contributed by atoms with Crippen LogP contribution in [0.25, 0.3) is 0 Å². The normalized spacial score (nSPS) is 32.6. The molecule has 1 N–H and O–H groups in total. The van der Waals surface area contributed by atoms with E-state index in [9.17, 15) is 4.79 Å². The summed E-state index contributed by atoms with van der Waals surface area (Å²) in [5.74, 6) is 2.01. The van der Waals surface area contributed by atoms with Crippen LogP contribution in [0.5, 0.6) is 11.5 Å². The van der Waals surface area contributed by atoms with Gasteiger partial charge in [-0.15, -0.1) is 0 Å². The summed E-state index contributed by atoms with van der Waals surface area (Å²) in [5.41, 5.74) is 0.647. The van der Waals surface area contributed by atoms with Gasteiger partial charge in [0.05, 0.1) is 0 Å². The SMILES string of the molecule is CC1COc2cc(C(=O)N[C@H]3CN4CCC3CC4)ccc2O1. The first-order valence-electron chi connectivity index (χ1n) is 8.16. The number of ether oxygens (including phenoxy) is 2. The van der Waals surface area contributed by atoms with Crippen LogP contribution in [-0.2, 0) is 0 Å². The third-order valence-electron chi connectivity index (χ3n) is 4.98. The number of carbonyl (C=O) groups excluding carboxylic acids is 1. The van der Waals surface area contributed by atoms with E-state index < -0.39 is 0 Å². The molecule has 1 amide bonds. The fourth-order valence-electron chi connectivity index (χ4n) is 3.70.